The van der Waals surface area contributed by atoms with E-state index in [0.717, 1.165) is 13.8 Å². The molecular weight excluding hydrogens is 331 g/mol. The van der Waals surface area contributed by atoms with Crippen LogP contribution in [-0.2, 0) is 16.1 Å². The zero-order valence-electron chi connectivity index (χ0n) is 13.6. The number of hydrogen-bond donors (Lipinski definition) is 1. The molecule has 0 fully saturated rings. The fraction of sp³-hybridized carbons (Fsp3) is 0.467. The number of halogens is 3. The molecule has 9 heteroatoms. The van der Waals surface area contributed by atoms with E-state index in [-0.39, 0.29) is 22.0 Å². The third-order valence-electron chi connectivity index (χ3n) is 3.50. The van der Waals surface area contributed by atoms with Crippen LogP contribution in [0.5, 0.6) is 11.5 Å². The Morgan fingerprint density at radius 3 is 2.17 bits per heavy atom. The fourth-order valence-electron chi connectivity index (χ4n) is 2.04. The number of methoxy groups -OCH3 is 2. The number of aliphatic carboxylic acids is 1. The quantitative estimate of drug-likeness (QED) is 0.854. The van der Waals surface area contributed by atoms with Crippen molar-refractivity contribution >= 4 is 11.9 Å². The van der Waals surface area contributed by atoms with Gasteiger partial charge in [-0.05, 0) is 19.9 Å². The standard InChI is InChI=1S/C15H18F3NO5/c1-14(2,13(21)22)19(12(20)15(16,17)18)8-9-6-5-7-10(23-3)11(9)24-4/h5-7H,8H2,1-4H3,(H,21,22). The molecule has 0 spiro atoms. The van der Waals surface area contributed by atoms with Gasteiger partial charge in [0.05, 0.1) is 20.8 Å². The number of hydrogen-bond acceptors (Lipinski definition) is 4. The number of rotatable bonds is 6. The van der Waals surface area contributed by atoms with Crippen LogP contribution in [0.2, 0.25) is 0 Å². The number of ether oxygens (including phenoxy) is 2. The predicted molar refractivity (Wildman–Crippen MR) is 77.9 cm³/mol. The van der Waals surface area contributed by atoms with E-state index in [0.29, 0.717) is 0 Å². The number of alkyl halides is 3. The van der Waals surface area contributed by atoms with E-state index < -0.39 is 30.1 Å². The first-order chi connectivity index (χ1) is 11.0. The van der Waals surface area contributed by atoms with Crippen LogP contribution in [0.1, 0.15) is 19.4 Å². The minimum absolute atomic E-state index is 0.126. The molecule has 0 aliphatic carbocycles. The van der Waals surface area contributed by atoms with E-state index >= 15 is 0 Å². The second-order valence-corrected chi connectivity index (χ2v) is 5.41. The largest absolute Gasteiger partial charge is 0.493 e. The van der Waals surface area contributed by atoms with Crippen molar-refractivity contribution in [1.82, 2.24) is 4.90 Å². The van der Waals surface area contributed by atoms with Crippen LogP contribution in [0.15, 0.2) is 18.2 Å². The summed E-state index contributed by atoms with van der Waals surface area (Å²) in [7, 11) is 2.64. The molecule has 0 aromatic heterocycles. The molecule has 0 saturated heterocycles. The maximum absolute atomic E-state index is 12.9. The van der Waals surface area contributed by atoms with Crippen molar-refractivity contribution < 1.29 is 37.3 Å². The van der Waals surface area contributed by atoms with Crippen LogP contribution >= 0.6 is 0 Å². The van der Waals surface area contributed by atoms with Gasteiger partial charge in [0.15, 0.2) is 11.5 Å². The van der Waals surface area contributed by atoms with Gasteiger partial charge in [-0.1, -0.05) is 12.1 Å². The van der Waals surface area contributed by atoms with Gasteiger partial charge in [-0.2, -0.15) is 13.2 Å². The van der Waals surface area contributed by atoms with Crippen molar-refractivity contribution in [2.75, 3.05) is 14.2 Å². The smallest absolute Gasteiger partial charge is 0.471 e. The number of carbonyl (C=O) groups is 2. The topological polar surface area (TPSA) is 76.1 Å². The van der Waals surface area contributed by atoms with Gasteiger partial charge in [-0.3, -0.25) is 4.79 Å². The molecule has 1 aromatic rings. The lowest BCUT2D eigenvalue weighted by Crippen LogP contribution is -2.56. The van der Waals surface area contributed by atoms with Crippen LogP contribution in [0.3, 0.4) is 0 Å². The van der Waals surface area contributed by atoms with Crippen molar-refractivity contribution in [1.29, 1.82) is 0 Å². The highest BCUT2D eigenvalue weighted by Gasteiger charge is 2.49. The Morgan fingerprint density at radius 1 is 1.17 bits per heavy atom. The lowest BCUT2D eigenvalue weighted by molar-refractivity contribution is -0.194. The molecular formula is C15H18F3NO5. The van der Waals surface area contributed by atoms with Crippen LogP contribution in [0.25, 0.3) is 0 Å². The molecule has 0 radical (unpaired) electrons. The first kappa shape index (κ1) is 19.6. The summed E-state index contributed by atoms with van der Waals surface area (Å²) in [5.41, 5.74) is -1.90. The first-order valence-corrected chi connectivity index (χ1v) is 6.78. The predicted octanol–water partition coefficient (Wildman–Crippen LogP) is 2.46. The number of carboxylic acids is 1. The van der Waals surface area contributed by atoms with Crippen molar-refractivity contribution in [3.05, 3.63) is 23.8 Å². The van der Waals surface area contributed by atoms with Crippen molar-refractivity contribution in [3.8, 4) is 11.5 Å². The van der Waals surface area contributed by atoms with Crippen LogP contribution in [0, 0.1) is 0 Å². The summed E-state index contributed by atoms with van der Waals surface area (Å²) in [6.45, 7) is 1.43. The van der Waals surface area contributed by atoms with Crippen molar-refractivity contribution in [2.45, 2.75) is 32.1 Å². The number of nitrogens with zero attached hydrogens (tertiary/aromatic N) is 1. The summed E-state index contributed by atoms with van der Waals surface area (Å²) >= 11 is 0. The molecule has 1 aromatic carbocycles. The molecule has 6 nitrogen and oxygen atoms in total. The Hall–Kier alpha value is -2.45. The van der Waals surface area contributed by atoms with Gasteiger partial charge in [-0.25, -0.2) is 4.79 Å². The molecule has 0 aliphatic rings. The monoisotopic (exact) mass is 349 g/mol. The normalized spacial score (nSPS) is 11.8. The highest BCUT2D eigenvalue weighted by Crippen LogP contribution is 2.34. The summed E-state index contributed by atoms with van der Waals surface area (Å²) in [6, 6.07) is 4.46. The Bertz CT molecular complexity index is 628. The zero-order valence-corrected chi connectivity index (χ0v) is 13.6. The molecule has 24 heavy (non-hydrogen) atoms. The van der Waals surface area contributed by atoms with E-state index in [1.807, 2.05) is 0 Å². The van der Waals surface area contributed by atoms with E-state index in [1.54, 1.807) is 0 Å². The van der Waals surface area contributed by atoms with Gasteiger partial charge in [0.1, 0.15) is 5.54 Å². The summed E-state index contributed by atoms with van der Waals surface area (Å²) in [5.74, 6) is -3.44. The van der Waals surface area contributed by atoms with E-state index in [2.05, 4.69) is 0 Å². The maximum atomic E-state index is 12.9. The Balaban J connectivity index is 3.39. The molecule has 134 valence electrons. The van der Waals surface area contributed by atoms with E-state index in [9.17, 15) is 27.9 Å². The van der Waals surface area contributed by atoms with Gasteiger partial charge >= 0.3 is 18.1 Å². The average Bonchev–Trinajstić information content (AvgIpc) is 2.50. The van der Waals surface area contributed by atoms with E-state index in [1.165, 1.54) is 32.4 Å². The molecule has 1 N–H and O–H groups in total. The summed E-state index contributed by atoms with van der Waals surface area (Å²) in [4.78, 5) is 23.3. The molecule has 0 saturated carbocycles. The Kier molecular flexibility index (Phi) is 5.70. The summed E-state index contributed by atoms with van der Waals surface area (Å²) in [5, 5.41) is 9.21. The van der Waals surface area contributed by atoms with Crippen molar-refractivity contribution in [3.63, 3.8) is 0 Å². The number of benzene rings is 1. The van der Waals surface area contributed by atoms with Gasteiger partial charge in [0.25, 0.3) is 0 Å². The second-order valence-electron chi connectivity index (χ2n) is 5.41. The summed E-state index contributed by atoms with van der Waals surface area (Å²) in [6.07, 6.45) is -5.21. The third-order valence-corrected chi connectivity index (χ3v) is 3.50. The zero-order chi connectivity index (χ0) is 18.7. The third kappa shape index (κ3) is 3.90. The number of carboxylic acid groups (broad SMARTS) is 1. The lowest BCUT2D eigenvalue weighted by Gasteiger charge is -2.35. The Morgan fingerprint density at radius 2 is 1.75 bits per heavy atom. The average molecular weight is 349 g/mol. The van der Waals surface area contributed by atoms with Crippen molar-refractivity contribution in [2.24, 2.45) is 0 Å². The minimum Gasteiger partial charge on any atom is -0.493 e. The van der Waals surface area contributed by atoms with Crippen LogP contribution in [-0.4, -0.2) is 47.8 Å². The van der Waals surface area contributed by atoms with Crippen LogP contribution < -0.4 is 9.47 Å². The first-order valence-electron chi connectivity index (χ1n) is 6.78. The minimum atomic E-state index is -5.21. The molecule has 0 heterocycles. The maximum Gasteiger partial charge on any atom is 0.471 e. The van der Waals surface area contributed by atoms with Gasteiger partial charge in [0, 0.05) is 5.56 Å². The Labute approximate surface area is 136 Å². The molecule has 0 unspecified atom stereocenters. The number of carbonyl (C=O) groups excluding carboxylic acids is 1. The molecule has 0 bridgehead atoms. The van der Waals surface area contributed by atoms with Gasteiger partial charge < -0.3 is 19.5 Å². The van der Waals surface area contributed by atoms with Crippen LogP contribution in [0.4, 0.5) is 13.2 Å². The molecule has 0 atom stereocenters. The lowest BCUT2D eigenvalue weighted by atomic mass is 10.0. The number of para-hydroxylation sites is 1. The SMILES string of the molecule is COc1cccc(CN(C(=O)C(F)(F)F)C(C)(C)C(=O)O)c1OC. The summed E-state index contributed by atoms with van der Waals surface area (Å²) < 4.78 is 48.8. The molecule has 0 aliphatic heterocycles. The fourth-order valence-corrected chi connectivity index (χ4v) is 2.04. The second kappa shape index (κ2) is 6.98. The molecule has 1 rings (SSSR count). The molecule has 1 amide bonds. The van der Waals surface area contributed by atoms with Gasteiger partial charge in [-0.15, -0.1) is 0 Å². The highest BCUT2D eigenvalue weighted by atomic mass is 19.4. The highest BCUT2D eigenvalue weighted by molar-refractivity contribution is 5.89. The van der Waals surface area contributed by atoms with E-state index in [4.69, 9.17) is 9.47 Å². The van der Waals surface area contributed by atoms with Gasteiger partial charge in [0.2, 0.25) is 0 Å². The number of amides is 1.